The molecule has 2 aromatic rings. The molecular formula is C14H13NOP+. The Morgan fingerprint density at radius 2 is 2.12 bits per heavy atom. The molecule has 0 saturated carbocycles. The van der Waals surface area contributed by atoms with Gasteiger partial charge in [-0.1, -0.05) is 18.2 Å². The third-order valence-corrected chi connectivity index (χ3v) is 3.23. The summed E-state index contributed by atoms with van der Waals surface area (Å²) < 4.78 is 7.67. The van der Waals surface area contributed by atoms with E-state index in [1.54, 1.807) is 0 Å². The van der Waals surface area contributed by atoms with Gasteiger partial charge in [0.05, 0.1) is 5.56 Å². The first kappa shape index (κ1) is 10.5. The first-order valence-corrected chi connectivity index (χ1v) is 6.06. The fraction of sp³-hybridized carbons (Fsp3) is 0.0714. The predicted molar refractivity (Wildman–Crippen MR) is 72.3 cm³/mol. The number of benzene rings is 1. The minimum absolute atomic E-state index is 0.648. The summed E-state index contributed by atoms with van der Waals surface area (Å²) in [6, 6.07) is 10.5. The monoisotopic (exact) mass is 242 g/mol. The van der Waals surface area contributed by atoms with Crippen LogP contribution in [0.3, 0.4) is 0 Å². The lowest BCUT2D eigenvalue weighted by Crippen LogP contribution is -2.20. The smallest absolute Gasteiger partial charge is 0.213 e. The summed E-state index contributed by atoms with van der Waals surface area (Å²) in [5.74, 6) is 0.925. The fourth-order valence-corrected chi connectivity index (χ4v) is 2.38. The van der Waals surface area contributed by atoms with Crippen LogP contribution in [0, 0.1) is 0 Å². The topological polar surface area (TPSA) is 13.1 Å². The Hall–Kier alpha value is -1.66. The molecule has 0 amide bonds. The molecule has 1 atom stereocenters. The molecule has 1 unspecified atom stereocenters. The number of nitrogens with zero attached hydrogens (tertiary/aromatic N) is 1. The van der Waals surface area contributed by atoms with E-state index in [9.17, 15) is 0 Å². The van der Waals surface area contributed by atoms with Crippen molar-refractivity contribution in [3.05, 3.63) is 60.3 Å². The maximum Gasteiger partial charge on any atom is 0.213 e. The summed E-state index contributed by atoms with van der Waals surface area (Å²) in [6.45, 7) is 0.648. The molecule has 0 spiro atoms. The molecule has 0 bridgehead atoms. The van der Waals surface area contributed by atoms with E-state index in [2.05, 4.69) is 33.8 Å². The van der Waals surface area contributed by atoms with Gasteiger partial charge in [0.1, 0.15) is 12.4 Å². The summed E-state index contributed by atoms with van der Waals surface area (Å²) in [4.78, 5) is 0. The third-order valence-electron chi connectivity index (χ3n) is 2.81. The molecule has 1 aromatic carbocycles. The van der Waals surface area contributed by atoms with Gasteiger partial charge in [0.25, 0.3) is 0 Å². The number of hydrogen-bond donors (Lipinski definition) is 0. The highest BCUT2D eigenvalue weighted by Gasteiger charge is 2.12. The number of ether oxygens (including phenoxy) is 1. The lowest BCUT2D eigenvalue weighted by atomic mass is 10.1. The molecule has 1 aromatic heterocycles. The van der Waals surface area contributed by atoms with Crippen LogP contribution in [0.2, 0.25) is 0 Å². The van der Waals surface area contributed by atoms with E-state index in [0.29, 0.717) is 6.61 Å². The van der Waals surface area contributed by atoms with Gasteiger partial charge in [0.2, 0.25) is 5.52 Å². The van der Waals surface area contributed by atoms with E-state index in [1.807, 2.05) is 34.7 Å². The van der Waals surface area contributed by atoms with Crippen LogP contribution in [0.25, 0.3) is 16.7 Å². The summed E-state index contributed by atoms with van der Waals surface area (Å²) in [7, 11) is 2.71. The Kier molecular flexibility index (Phi) is 2.66. The van der Waals surface area contributed by atoms with E-state index >= 15 is 0 Å². The molecule has 0 N–H and O–H groups in total. The molecule has 2 nitrogen and oxygen atoms in total. The average molecular weight is 242 g/mol. The lowest BCUT2D eigenvalue weighted by molar-refractivity contribution is -0.468. The number of fused-ring (bicyclic) bond motifs is 1. The van der Waals surface area contributed by atoms with Crippen molar-refractivity contribution in [2.45, 2.75) is 0 Å². The highest BCUT2D eigenvalue weighted by atomic mass is 31.0. The van der Waals surface area contributed by atoms with Crippen LogP contribution in [-0.2, 0) is 4.74 Å². The van der Waals surface area contributed by atoms with Gasteiger partial charge in [-0.05, 0) is 24.3 Å². The summed E-state index contributed by atoms with van der Waals surface area (Å²) in [5, 5.41) is 1.21. The van der Waals surface area contributed by atoms with Gasteiger partial charge in [-0.25, -0.2) is 0 Å². The largest absolute Gasteiger partial charge is 0.489 e. The van der Waals surface area contributed by atoms with Crippen LogP contribution < -0.4 is 4.34 Å². The Bertz CT molecular complexity index is 631. The highest BCUT2D eigenvalue weighted by molar-refractivity contribution is 7.07. The molecule has 0 radical (unpaired) electrons. The van der Waals surface area contributed by atoms with Crippen molar-refractivity contribution in [3.63, 3.8) is 0 Å². The SMILES string of the molecule is P[n+]1cc(C2=CC=CCO2)cc2ccccc21. The van der Waals surface area contributed by atoms with E-state index in [1.165, 1.54) is 10.9 Å². The average Bonchev–Trinajstić information content (AvgIpc) is 2.40. The number of pyridine rings is 1. The molecule has 17 heavy (non-hydrogen) atoms. The second-order valence-corrected chi connectivity index (χ2v) is 4.52. The molecule has 84 valence electrons. The predicted octanol–water partition coefficient (Wildman–Crippen LogP) is 2.69. The molecule has 0 saturated heterocycles. The number of rotatable bonds is 1. The van der Waals surface area contributed by atoms with Crippen molar-refractivity contribution in [2.24, 2.45) is 0 Å². The van der Waals surface area contributed by atoms with Crippen LogP contribution in [0.5, 0.6) is 0 Å². The fourth-order valence-electron chi connectivity index (χ4n) is 1.98. The molecular weight excluding hydrogens is 229 g/mol. The minimum Gasteiger partial charge on any atom is -0.489 e. The summed E-state index contributed by atoms with van der Waals surface area (Å²) in [6.07, 6.45) is 8.09. The van der Waals surface area contributed by atoms with Crippen LogP contribution in [0.1, 0.15) is 5.56 Å². The standard InChI is InChI=1S/C14H13NOP/c17-15-10-12(14-7-3-4-8-16-14)9-11-5-1-2-6-13(11)15/h1-7,9-10H,8,17H2/q+1. The lowest BCUT2D eigenvalue weighted by Gasteiger charge is -2.10. The molecule has 2 heterocycles. The van der Waals surface area contributed by atoms with Crippen molar-refractivity contribution in [1.82, 2.24) is 0 Å². The maximum atomic E-state index is 5.62. The van der Waals surface area contributed by atoms with Gasteiger partial charge in [-0.2, -0.15) is 4.34 Å². The molecule has 0 aliphatic carbocycles. The molecule has 0 fully saturated rings. The zero-order valence-electron chi connectivity index (χ0n) is 9.34. The van der Waals surface area contributed by atoms with Gasteiger partial charge in [-0.15, -0.1) is 0 Å². The van der Waals surface area contributed by atoms with Gasteiger partial charge in [0, 0.05) is 11.5 Å². The van der Waals surface area contributed by atoms with Crippen molar-refractivity contribution in [1.29, 1.82) is 0 Å². The third kappa shape index (κ3) is 1.96. The van der Waals surface area contributed by atoms with Crippen LogP contribution >= 0.6 is 9.39 Å². The summed E-state index contributed by atoms with van der Waals surface area (Å²) >= 11 is 0. The zero-order chi connectivity index (χ0) is 11.7. The number of aromatic nitrogens is 1. The van der Waals surface area contributed by atoms with E-state index in [-0.39, 0.29) is 0 Å². The number of allylic oxidation sites excluding steroid dienone is 2. The second-order valence-electron chi connectivity index (χ2n) is 3.96. The van der Waals surface area contributed by atoms with Crippen molar-refractivity contribution in [3.8, 4) is 0 Å². The second kappa shape index (κ2) is 4.31. The van der Waals surface area contributed by atoms with Crippen LogP contribution in [0.4, 0.5) is 0 Å². The van der Waals surface area contributed by atoms with Gasteiger partial charge in [0.15, 0.2) is 15.6 Å². The van der Waals surface area contributed by atoms with E-state index < -0.39 is 0 Å². The van der Waals surface area contributed by atoms with Gasteiger partial charge < -0.3 is 4.74 Å². The zero-order valence-corrected chi connectivity index (χ0v) is 10.5. The molecule has 3 heteroatoms. The van der Waals surface area contributed by atoms with E-state index in [4.69, 9.17) is 4.74 Å². The van der Waals surface area contributed by atoms with Crippen LogP contribution in [-0.4, -0.2) is 6.61 Å². The van der Waals surface area contributed by atoms with Crippen molar-refractivity contribution >= 4 is 26.1 Å². The number of para-hydroxylation sites is 1. The Labute approximate surface area is 102 Å². The maximum absolute atomic E-state index is 5.62. The Morgan fingerprint density at radius 1 is 1.24 bits per heavy atom. The first-order valence-electron chi connectivity index (χ1n) is 5.54. The van der Waals surface area contributed by atoms with Gasteiger partial charge in [-0.3, -0.25) is 0 Å². The molecule has 3 rings (SSSR count). The van der Waals surface area contributed by atoms with Crippen molar-refractivity contribution < 1.29 is 9.07 Å². The number of hydrogen-bond acceptors (Lipinski definition) is 1. The molecule has 1 aliphatic heterocycles. The quantitative estimate of drug-likeness (QED) is 0.701. The first-order chi connectivity index (χ1) is 8.34. The highest BCUT2D eigenvalue weighted by Crippen LogP contribution is 2.21. The Balaban J connectivity index is 2.18. The van der Waals surface area contributed by atoms with E-state index in [0.717, 1.165) is 11.3 Å². The normalized spacial score (nSPS) is 14.5. The van der Waals surface area contributed by atoms with Gasteiger partial charge >= 0.3 is 0 Å². The van der Waals surface area contributed by atoms with Crippen molar-refractivity contribution in [2.75, 3.05) is 6.61 Å². The minimum atomic E-state index is 0.648. The van der Waals surface area contributed by atoms with Crippen LogP contribution in [0.15, 0.2) is 54.8 Å². The summed E-state index contributed by atoms with van der Waals surface area (Å²) in [5.41, 5.74) is 2.29. The molecule has 1 aliphatic rings. The Morgan fingerprint density at radius 3 is 2.94 bits per heavy atom.